The first-order chi connectivity index (χ1) is 10.6. The summed E-state index contributed by atoms with van der Waals surface area (Å²) in [6.45, 7) is 5.05. The van der Waals surface area contributed by atoms with Crippen LogP contribution in [0.3, 0.4) is 0 Å². The molecule has 1 saturated carbocycles. The molecular weight excluding hydrogens is 326 g/mol. The Hall–Kier alpha value is -1.64. The Balaban J connectivity index is 2.28. The molecule has 8 nitrogen and oxygen atoms in total. The van der Waals surface area contributed by atoms with Gasteiger partial charge in [-0.15, -0.1) is 0 Å². The Morgan fingerprint density at radius 2 is 1.78 bits per heavy atom. The minimum absolute atomic E-state index is 0.109. The molecule has 1 N–H and O–H groups in total. The van der Waals surface area contributed by atoms with Crippen molar-refractivity contribution in [3.05, 3.63) is 0 Å². The first-order valence-corrected chi connectivity index (χ1v) is 8.50. The van der Waals surface area contributed by atoms with E-state index < -0.39 is 57.1 Å². The molecule has 23 heavy (non-hydrogen) atoms. The van der Waals surface area contributed by atoms with Gasteiger partial charge in [0.1, 0.15) is 5.60 Å². The normalized spacial score (nSPS) is 35.0. The molecule has 5 atom stereocenters. The topological polar surface area (TPSA) is 108 Å². The molecule has 1 saturated heterocycles. The van der Waals surface area contributed by atoms with Crippen molar-refractivity contribution in [2.75, 3.05) is 20.0 Å². The molecule has 0 bridgehead atoms. The summed E-state index contributed by atoms with van der Waals surface area (Å²) in [6, 6.07) is 0. The van der Waals surface area contributed by atoms with Gasteiger partial charge in [0, 0.05) is 16.7 Å². The van der Waals surface area contributed by atoms with Crippen LogP contribution < -0.4 is 5.32 Å². The van der Waals surface area contributed by atoms with Gasteiger partial charge in [0.05, 0.1) is 31.1 Å². The van der Waals surface area contributed by atoms with Gasteiger partial charge < -0.3 is 19.5 Å². The van der Waals surface area contributed by atoms with E-state index in [0.29, 0.717) is 0 Å². The van der Waals surface area contributed by atoms with Crippen molar-refractivity contribution in [3.8, 4) is 0 Å². The van der Waals surface area contributed by atoms with Gasteiger partial charge in [-0.3, -0.25) is 9.00 Å². The highest BCUT2D eigenvalue weighted by Gasteiger charge is 2.76. The van der Waals surface area contributed by atoms with E-state index in [1.54, 1.807) is 20.8 Å². The van der Waals surface area contributed by atoms with E-state index >= 15 is 0 Å². The van der Waals surface area contributed by atoms with Crippen molar-refractivity contribution in [1.29, 1.82) is 0 Å². The highest BCUT2D eigenvalue weighted by Crippen LogP contribution is 2.57. The average molecular weight is 347 g/mol. The monoisotopic (exact) mass is 347 g/mol. The fourth-order valence-corrected chi connectivity index (χ4v) is 5.33. The summed E-state index contributed by atoms with van der Waals surface area (Å²) in [5.74, 6) is -2.70. The van der Waals surface area contributed by atoms with Gasteiger partial charge in [-0.2, -0.15) is 0 Å². The maximum atomic E-state index is 12.3. The predicted octanol–water partition coefficient (Wildman–Crippen LogP) is -0.0272. The maximum Gasteiger partial charge on any atom is 0.408 e. The summed E-state index contributed by atoms with van der Waals surface area (Å²) in [6.07, 6.45) is -0.823. The molecule has 0 radical (unpaired) electrons. The Labute approximate surface area is 136 Å². The lowest BCUT2D eigenvalue weighted by atomic mass is 9.94. The van der Waals surface area contributed by atoms with Crippen LogP contribution in [0, 0.1) is 11.8 Å². The van der Waals surface area contributed by atoms with E-state index in [1.165, 1.54) is 14.2 Å². The number of ether oxygens (including phenoxy) is 3. The molecule has 1 aliphatic heterocycles. The minimum atomic E-state index is -1.54. The third-order valence-corrected chi connectivity index (χ3v) is 5.88. The number of nitrogens with one attached hydrogen (secondary N) is 1. The molecule has 1 heterocycles. The summed E-state index contributed by atoms with van der Waals surface area (Å²) >= 11 is 0. The number of alkyl carbamates (subject to hydrolysis) is 1. The maximum absolute atomic E-state index is 12.3. The molecule has 2 aliphatic rings. The molecule has 0 aromatic rings. The van der Waals surface area contributed by atoms with Crippen LogP contribution in [-0.4, -0.2) is 58.6 Å². The van der Waals surface area contributed by atoms with Crippen molar-refractivity contribution in [2.24, 2.45) is 11.8 Å². The molecule has 130 valence electrons. The minimum Gasteiger partial charge on any atom is -0.469 e. The Morgan fingerprint density at radius 1 is 1.17 bits per heavy atom. The van der Waals surface area contributed by atoms with Crippen molar-refractivity contribution >= 4 is 28.8 Å². The number of fused-ring (bicyclic) bond motifs is 1. The van der Waals surface area contributed by atoms with Gasteiger partial charge in [0.25, 0.3) is 0 Å². The summed E-state index contributed by atoms with van der Waals surface area (Å²) < 4.78 is 26.9. The number of hydrogen-bond donors (Lipinski definition) is 1. The van der Waals surface area contributed by atoms with Crippen LogP contribution in [-0.2, 0) is 34.6 Å². The van der Waals surface area contributed by atoms with Gasteiger partial charge >= 0.3 is 18.0 Å². The van der Waals surface area contributed by atoms with E-state index in [9.17, 15) is 18.6 Å². The van der Waals surface area contributed by atoms with Gasteiger partial charge in [-0.1, -0.05) is 0 Å². The number of carbonyl (C=O) groups is 3. The van der Waals surface area contributed by atoms with Crippen LogP contribution in [0.2, 0.25) is 0 Å². The summed E-state index contributed by atoms with van der Waals surface area (Å²) in [4.78, 5) is 36.2. The molecule has 0 unspecified atom stereocenters. The SMILES string of the molecule is COC(=O)[C@H]1[C@H]2[C@@H]1[C@](NC(=O)OC(C)(C)C)(C(=O)OC)C[S@]2=O. The molecule has 0 aromatic carbocycles. The molecule has 9 heteroatoms. The standard InChI is InChI=1S/C14H21NO7S/c1-13(2,3)22-12(18)15-14(11(17)21-5)6-23(19)9-7(8(9)14)10(16)20-4/h7-9H,6H2,1-5H3,(H,15,18)/t7-,8-,9+,14+,23-/m1/s1. The summed E-state index contributed by atoms with van der Waals surface area (Å²) in [5.41, 5.74) is -2.30. The molecule has 2 fully saturated rings. The highest BCUT2D eigenvalue weighted by molar-refractivity contribution is 7.86. The third-order valence-electron chi connectivity index (χ3n) is 3.94. The fourth-order valence-electron chi connectivity index (χ4n) is 3.06. The van der Waals surface area contributed by atoms with Crippen molar-refractivity contribution in [3.63, 3.8) is 0 Å². The van der Waals surface area contributed by atoms with Crippen LogP contribution in [0.5, 0.6) is 0 Å². The molecular formula is C14H21NO7S. The van der Waals surface area contributed by atoms with Crippen molar-refractivity contribution < 1.29 is 32.8 Å². The smallest absolute Gasteiger partial charge is 0.408 e. The van der Waals surface area contributed by atoms with Crippen LogP contribution in [0.15, 0.2) is 0 Å². The summed E-state index contributed by atoms with van der Waals surface area (Å²) in [5, 5.41) is 1.98. The molecule has 0 spiro atoms. The Morgan fingerprint density at radius 3 is 2.26 bits per heavy atom. The quantitative estimate of drug-likeness (QED) is 0.564. The van der Waals surface area contributed by atoms with Gasteiger partial charge in [0.2, 0.25) is 0 Å². The first kappa shape index (κ1) is 17.7. The molecule has 1 aliphatic carbocycles. The zero-order valence-corrected chi connectivity index (χ0v) is 14.5. The van der Waals surface area contributed by atoms with Crippen LogP contribution in [0.1, 0.15) is 20.8 Å². The number of amides is 1. The fraction of sp³-hybridized carbons (Fsp3) is 0.786. The van der Waals surface area contributed by atoms with Crippen LogP contribution in [0.4, 0.5) is 4.79 Å². The van der Waals surface area contributed by atoms with Crippen LogP contribution in [0.25, 0.3) is 0 Å². The summed E-state index contributed by atoms with van der Waals surface area (Å²) in [7, 11) is 0.947. The second-order valence-electron chi connectivity index (χ2n) is 6.65. The number of rotatable bonds is 3. The Bertz CT molecular complexity index is 570. The van der Waals surface area contributed by atoms with E-state index in [4.69, 9.17) is 9.47 Å². The van der Waals surface area contributed by atoms with E-state index in [1.807, 2.05) is 0 Å². The lowest BCUT2D eigenvalue weighted by molar-refractivity contribution is -0.149. The second-order valence-corrected chi connectivity index (χ2v) is 8.25. The van der Waals surface area contributed by atoms with E-state index in [0.717, 1.165) is 0 Å². The molecule has 1 amide bonds. The first-order valence-electron chi connectivity index (χ1n) is 7.12. The lowest BCUT2D eigenvalue weighted by Gasteiger charge is -2.30. The van der Waals surface area contributed by atoms with E-state index in [-0.39, 0.29) is 5.75 Å². The third kappa shape index (κ3) is 3.06. The average Bonchev–Trinajstić information content (AvgIpc) is 3.12. The van der Waals surface area contributed by atoms with E-state index in [2.05, 4.69) is 10.1 Å². The predicted molar refractivity (Wildman–Crippen MR) is 79.9 cm³/mol. The van der Waals surface area contributed by atoms with Gasteiger partial charge in [-0.05, 0) is 20.8 Å². The zero-order chi connectivity index (χ0) is 17.6. The van der Waals surface area contributed by atoms with Crippen LogP contribution >= 0.6 is 0 Å². The largest absolute Gasteiger partial charge is 0.469 e. The Kier molecular flexibility index (Phi) is 4.44. The van der Waals surface area contributed by atoms with Crippen molar-refractivity contribution in [2.45, 2.75) is 37.2 Å². The number of esters is 2. The molecule has 2 rings (SSSR count). The van der Waals surface area contributed by atoms with Gasteiger partial charge in [0.15, 0.2) is 5.54 Å². The zero-order valence-electron chi connectivity index (χ0n) is 13.7. The highest BCUT2D eigenvalue weighted by atomic mass is 32.2. The number of carbonyl (C=O) groups excluding carboxylic acids is 3. The van der Waals surface area contributed by atoms with Crippen molar-refractivity contribution in [1.82, 2.24) is 5.32 Å². The second kappa shape index (κ2) is 5.77. The molecule has 0 aromatic heterocycles. The number of hydrogen-bond acceptors (Lipinski definition) is 7. The van der Waals surface area contributed by atoms with Gasteiger partial charge in [-0.25, -0.2) is 9.59 Å². The lowest BCUT2D eigenvalue weighted by Crippen LogP contribution is -2.59. The number of methoxy groups -OCH3 is 2.